The normalized spacial score (nSPS) is 16.3. The van der Waals surface area contributed by atoms with Gasteiger partial charge in [-0.05, 0) is 113 Å². The molecule has 330 valence electrons. The van der Waals surface area contributed by atoms with Gasteiger partial charge in [0, 0.05) is 43.3 Å². The number of ether oxygens (including phenoxy) is 1. The topological polar surface area (TPSA) is 140 Å². The fourth-order valence-corrected chi connectivity index (χ4v) is 9.38. The Kier molecular flexibility index (Phi) is 17.9. The van der Waals surface area contributed by atoms with Crippen LogP contribution in [0.25, 0.3) is 0 Å². The minimum atomic E-state index is -0.867. The van der Waals surface area contributed by atoms with Gasteiger partial charge in [0.2, 0.25) is 11.8 Å². The van der Waals surface area contributed by atoms with Gasteiger partial charge in [0.25, 0.3) is 5.24 Å². The van der Waals surface area contributed by atoms with E-state index in [9.17, 15) is 24.3 Å². The van der Waals surface area contributed by atoms with Gasteiger partial charge < -0.3 is 35.6 Å². The second kappa shape index (κ2) is 21.3. The Morgan fingerprint density at radius 2 is 1.47 bits per heavy atom. The molecule has 12 heteroatoms. The van der Waals surface area contributed by atoms with Crippen LogP contribution in [0, 0.1) is 5.41 Å². The standard InChI is InChI=1S/C47H75N5O6S/c1-13-27-58-41(56)49-44(5,6)35-19-15-18-34(29-35)43(3,4)32-47(10,37-21-16-20-36(30-37)45(7,8)50-42(57)59-28-26-53)33-46(9,40(55)48-23-25-51(11)12)31-38(14-2)52-24-17-22-39(52)54/h15-16,18-21,29-30,38,53H,13-14,17,22-28,31-33H2,1-12H3,(H,48,55)(H,49,56)(H,50,57). The maximum atomic E-state index is 14.7. The summed E-state index contributed by atoms with van der Waals surface area (Å²) >= 11 is 1.05. The van der Waals surface area contributed by atoms with Gasteiger partial charge in [-0.3, -0.25) is 14.4 Å². The average molecular weight is 838 g/mol. The van der Waals surface area contributed by atoms with Crippen molar-refractivity contribution in [3.8, 4) is 0 Å². The largest absolute Gasteiger partial charge is 0.450 e. The van der Waals surface area contributed by atoms with Crippen LogP contribution in [0.5, 0.6) is 0 Å². The molecule has 1 aliphatic heterocycles. The third-order valence-electron chi connectivity index (χ3n) is 12.0. The molecule has 11 nitrogen and oxygen atoms in total. The maximum absolute atomic E-state index is 14.7. The first-order chi connectivity index (χ1) is 27.5. The molecule has 0 saturated carbocycles. The summed E-state index contributed by atoms with van der Waals surface area (Å²) in [5.41, 5.74) is 0.682. The van der Waals surface area contributed by atoms with Crippen LogP contribution in [-0.2, 0) is 36.2 Å². The summed E-state index contributed by atoms with van der Waals surface area (Å²) in [5.74, 6) is 0.438. The first-order valence-electron chi connectivity index (χ1n) is 21.5. The van der Waals surface area contributed by atoms with Crippen LogP contribution in [0.3, 0.4) is 0 Å². The lowest BCUT2D eigenvalue weighted by atomic mass is 9.60. The summed E-state index contributed by atoms with van der Waals surface area (Å²) in [6, 6.07) is 16.6. The minimum Gasteiger partial charge on any atom is -0.450 e. The summed E-state index contributed by atoms with van der Waals surface area (Å²) in [5, 5.41) is 18.6. The van der Waals surface area contributed by atoms with Gasteiger partial charge in [-0.15, -0.1) is 0 Å². The van der Waals surface area contributed by atoms with Crippen molar-refractivity contribution >= 4 is 34.9 Å². The van der Waals surface area contributed by atoms with Crippen LogP contribution in [0.1, 0.15) is 136 Å². The van der Waals surface area contributed by atoms with Crippen LogP contribution < -0.4 is 16.0 Å². The number of alkyl carbamates (subject to hydrolysis) is 1. The van der Waals surface area contributed by atoms with E-state index in [0.29, 0.717) is 57.7 Å². The van der Waals surface area contributed by atoms with Crippen LogP contribution in [0.2, 0.25) is 0 Å². The number of carbonyl (C=O) groups is 4. The number of likely N-dealkylation sites (tertiary alicyclic amines) is 1. The van der Waals surface area contributed by atoms with E-state index in [-0.39, 0.29) is 29.7 Å². The molecule has 4 amide bonds. The summed E-state index contributed by atoms with van der Waals surface area (Å²) in [6.07, 6.45) is 4.06. The Labute approximate surface area is 359 Å². The molecule has 0 spiro atoms. The Morgan fingerprint density at radius 3 is 2.03 bits per heavy atom. The number of hydrogen-bond acceptors (Lipinski definition) is 8. The highest BCUT2D eigenvalue weighted by Crippen LogP contribution is 2.49. The number of amides is 4. The molecule has 2 aromatic carbocycles. The number of likely N-dealkylation sites (N-methyl/N-ethyl adjacent to an activating group) is 1. The van der Waals surface area contributed by atoms with Crippen molar-refractivity contribution in [3.63, 3.8) is 0 Å². The Morgan fingerprint density at radius 1 is 0.881 bits per heavy atom. The molecule has 3 atom stereocenters. The highest BCUT2D eigenvalue weighted by atomic mass is 32.2. The molecule has 1 aliphatic rings. The highest BCUT2D eigenvalue weighted by molar-refractivity contribution is 8.13. The number of nitrogens with one attached hydrogen (secondary N) is 3. The molecular weight excluding hydrogens is 763 g/mol. The maximum Gasteiger partial charge on any atom is 0.407 e. The lowest BCUT2D eigenvalue weighted by Gasteiger charge is -2.45. The third kappa shape index (κ3) is 14.0. The monoisotopic (exact) mass is 838 g/mol. The van der Waals surface area contributed by atoms with Gasteiger partial charge in [0.05, 0.1) is 24.3 Å². The zero-order chi connectivity index (χ0) is 44.2. The lowest BCUT2D eigenvalue weighted by Crippen LogP contribution is -2.50. The van der Waals surface area contributed by atoms with Crippen molar-refractivity contribution in [3.05, 3.63) is 70.8 Å². The van der Waals surface area contributed by atoms with Gasteiger partial charge in [0.1, 0.15) is 0 Å². The Balaban J connectivity index is 2.19. The number of aliphatic hydroxyl groups is 1. The smallest absolute Gasteiger partial charge is 0.407 e. The van der Waals surface area contributed by atoms with Crippen molar-refractivity contribution in [2.24, 2.45) is 5.41 Å². The average Bonchev–Trinajstić information content (AvgIpc) is 3.59. The molecule has 0 radical (unpaired) electrons. The van der Waals surface area contributed by atoms with E-state index in [2.05, 4.69) is 79.7 Å². The van der Waals surface area contributed by atoms with Crippen molar-refractivity contribution < 1.29 is 29.0 Å². The Bertz CT molecular complexity index is 1730. The van der Waals surface area contributed by atoms with E-state index in [4.69, 9.17) is 4.74 Å². The molecule has 1 saturated heterocycles. The molecule has 3 unspecified atom stereocenters. The fraction of sp³-hybridized carbons (Fsp3) is 0.660. The van der Waals surface area contributed by atoms with Crippen LogP contribution in [-0.4, -0.2) is 96.8 Å². The third-order valence-corrected chi connectivity index (χ3v) is 12.7. The van der Waals surface area contributed by atoms with E-state index in [1.54, 1.807) is 0 Å². The Hall–Kier alpha value is -3.61. The number of benzene rings is 2. The molecule has 1 heterocycles. The zero-order valence-corrected chi connectivity index (χ0v) is 39.0. The lowest BCUT2D eigenvalue weighted by molar-refractivity contribution is -0.136. The zero-order valence-electron chi connectivity index (χ0n) is 38.2. The summed E-state index contributed by atoms with van der Waals surface area (Å²) in [4.78, 5) is 57.5. The van der Waals surface area contributed by atoms with Crippen molar-refractivity contribution in [2.45, 2.75) is 142 Å². The number of thioether (sulfide) groups is 1. The van der Waals surface area contributed by atoms with Gasteiger partial charge in [-0.1, -0.05) is 102 Å². The first-order valence-corrected chi connectivity index (χ1v) is 22.5. The molecule has 59 heavy (non-hydrogen) atoms. The van der Waals surface area contributed by atoms with Crippen LogP contribution in [0.4, 0.5) is 9.59 Å². The second-order valence-electron chi connectivity index (χ2n) is 19.0. The number of nitrogens with zero attached hydrogens (tertiary/aromatic N) is 2. The summed E-state index contributed by atoms with van der Waals surface area (Å²) in [6.45, 7) is 22.9. The van der Waals surface area contributed by atoms with Gasteiger partial charge in [-0.2, -0.15) is 0 Å². The number of aliphatic hydroxyl groups excluding tert-OH is 1. The van der Waals surface area contributed by atoms with Crippen LogP contribution >= 0.6 is 11.8 Å². The predicted octanol–water partition coefficient (Wildman–Crippen LogP) is 8.22. The fourth-order valence-electron chi connectivity index (χ4n) is 8.78. The SMILES string of the molecule is CCCOC(=O)NC(C)(C)c1cccc(C(C)(C)CC(C)(CC(C)(CC(CC)N2CCCC2=O)C(=O)NCCN(C)C)c2cccc(C(C)(C)NC(=O)SCCO)c2)c1. The molecule has 3 rings (SSSR count). The van der Waals surface area contributed by atoms with Gasteiger partial charge in [0.15, 0.2) is 0 Å². The molecule has 2 aromatic rings. The van der Waals surface area contributed by atoms with Crippen molar-refractivity contribution in [1.82, 2.24) is 25.8 Å². The number of rotatable bonds is 22. The predicted molar refractivity (Wildman–Crippen MR) is 241 cm³/mol. The quantitative estimate of drug-likeness (QED) is 0.0931. The minimum absolute atomic E-state index is 0.0251. The number of carbonyl (C=O) groups excluding carboxylic acids is 4. The molecule has 0 bridgehead atoms. The van der Waals surface area contributed by atoms with E-state index in [1.165, 1.54) is 0 Å². The van der Waals surface area contributed by atoms with E-state index in [1.807, 2.05) is 77.9 Å². The molecule has 0 aliphatic carbocycles. The summed E-state index contributed by atoms with van der Waals surface area (Å²) in [7, 11) is 3.98. The van der Waals surface area contributed by atoms with Gasteiger partial charge in [-0.25, -0.2) is 4.79 Å². The van der Waals surface area contributed by atoms with E-state index < -0.39 is 33.4 Å². The molecule has 4 N–H and O–H groups in total. The van der Waals surface area contributed by atoms with Crippen molar-refractivity contribution in [2.75, 3.05) is 52.7 Å². The molecule has 0 aromatic heterocycles. The second-order valence-corrected chi connectivity index (χ2v) is 20.1. The number of hydrogen-bond donors (Lipinski definition) is 4. The molecule has 1 fully saturated rings. The van der Waals surface area contributed by atoms with E-state index >= 15 is 0 Å². The first kappa shape index (κ1) is 49.8. The molecular formula is C47H75N5O6S. The van der Waals surface area contributed by atoms with Crippen LogP contribution in [0.15, 0.2) is 48.5 Å². The summed E-state index contributed by atoms with van der Waals surface area (Å²) < 4.78 is 5.37. The van der Waals surface area contributed by atoms with Gasteiger partial charge >= 0.3 is 6.09 Å². The highest BCUT2D eigenvalue weighted by Gasteiger charge is 2.47. The van der Waals surface area contributed by atoms with Crippen molar-refractivity contribution in [1.29, 1.82) is 0 Å². The van der Waals surface area contributed by atoms with E-state index in [0.717, 1.165) is 53.3 Å².